The zero-order chi connectivity index (χ0) is 12.2. The predicted octanol–water partition coefficient (Wildman–Crippen LogP) is -0.652. The van der Waals surface area contributed by atoms with E-state index in [9.17, 15) is 9.59 Å². The minimum Gasteiger partial charge on any atom is -0.467 e. The van der Waals surface area contributed by atoms with Crippen LogP contribution in [0.2, 0.25) is 0 Å². The Morgan fingerprint density at radius 2 is 2.12 bits per heavy atom. The maximum absolute atomic E-state index is 10.5. The molecule has 0 aliphatic carbocycles. The molecule has 1 unspecified atom stereocenters. The number of nitrogens with one attached hydrogen (secondary N) is 1. The fourth-order valence-corrected chi connectivity index (χ4v) is 0.732. The molecule has 6 heteroatoms. The van der Waals surface area contributed by atoms with E-state index in [2.05, 4.69) is 15.0 Å². The maximum atomic E-state index is 10.5. The third kappa shape index (κ3) is 6.50. The van der Waals surface area contributed by atoms with Crippen molar-refractivity contribution >= 4 is 12.4 Å². The van der Waals surface area contributed by atoms with Gasteiger partial charge in [0.2, 0.25) is 6.41 Å². The minimum absolute atomic E-state index is 0.331. The van der Waals surface area contributed by atoms with E-state index >= 15 is 0 Å². The Balaban J connectivity index is 0.000000315. The summed E-state index contributed by atoms with van der Waals surface area (Å²) in [7, 11) is 1.18. The molecule has 0 aromatic carbocycles. The molecule has 0 saturated heterocycles. The summed E-state index contributed by atoms with van der Waals surface area (Å²) < 4.78 is 4.24. The number of amides is 1. The number of hydrogen-bond acceptors (Lipinski definition) is 5. The van der Waals surface area contributed by atoms with Gasteiger partial charge < -0.3 is 15.2 Å². The number of hydrogen-bond donors (Lipinski definition) is 2. The lowest BCUT2D eigenvalue weighted by atomic mass is 10.3. The largest absolute Gasteiger partial charge is 0.467 e. The van der Waals surface area contributed by atoms with Gasteiger partial charge in [-0.15, -0.1) is 0 Å². The van der Waals surface area contributed by atoms with Crippen molar-refractivity contribution in [1.29, 1.82) is 0 Å². The third-order valence-electron chi connectivity index (χ3n) is 1.50. The molecule has 0 saturated carbocycles. The van der Waals surface area contributed by atoms with E-state index in [4.69, 9.17) is 5.11 Å². The lowest BCUT2D eigenvalue weighted by molar-refractivity contribution is -0.145. The van der Waals surface area contributed by atoms with Crippen LogP contribution in [-0.2, 0) is 14.3 Å². The SMILES string of the molecule is COC(=O)C(CO)NC=O.c1ccncc1. The van der Waals surface area contributed by atoms with Gasteiger partial charge in [-0.05, 0) is 12.1 Å². The number of carbonyl (C=O) groups is 2. The topological polar surface area (TPSA) is 88.5 Å². The summed E-state index contributed by atoms with van der Waals surface area (Å²) in [5, 5.41) is 10.5. The van der Waals surface area contributed by atoms with E-state index in [0.717, 1.165) is 0 Å². The van der Waals surface area contributed by atoms with Crippen molar-refractivity contribution in [2.24, 2.45) is 0 Å². The van der Waals surface area contributed by atoms with Crippen molar-refractivity contribution in [1.82, 2.24) is 10.3 Å². The van der Waals surface area contributed by atoms with E-state index in [1.807, 2.05) is 18.2 Å². The normalized spacial score (nSPS) is 10.4. The van der Waals surface area contributed by atoms with Crippen molar-refractivity contribution in [2.45, 2.75) is 6.04 Å². The number of esters is 1. The molecule has 1 aromatic rings. The Morgan fingerprint density at radius 3 is 2.38 bits per heavy atom. The number of carbonyl (C=O) groups excluding carboxylic acids is 2. The average molecular weight is 226 g/mol. The monoisotopic (exact) mass is 226 g/mol. The highest BCUT2D eigenvalue weighted by Gasteiger charge is 2.15. The van der Waals surface area contributed by atoms with Gasteiger partial charge >= 0.3 is 5.97 Å². The molecule has 1 aromatic heterocycles. The first-order chi connectivity index (χ1) is 7.76. The van der Waals surface area contributed by atoms with Crippen LogP contribution in [0.1, 0.15) is 0 Å². The van der Waals surface area contributed by atoms with Crippen LogP contribution in [-0.4, -0.2) is 42.2 Å². The summed E-state index contributed by atoms with van der Waals surface area (Å²) in [6.45, 7) is -0.453. The van der Waals surface area contributed by atoms with Crippen LogP contribution >= 0.6 is 0 Å². The van der Waals surface area contributed by atoms with Gasteiger partial charge in [0.05, 0.1) is 13.7 Å². The van der Waals surface area contributed by atoms with E-state index in [-0.39, 0.29) is 0 Å². The Kier molecular flexibility index (Phi) is 8.43. The smallest absolute Gasteiger partial charge is 0.330 e. The van der Waals surface area contributed by atoms with Gasteiger partial charge in [-0.25, -0.2) is 4.79 Å². The molecule has 0 spiro atoms. The first kappa shape index (κ1) is 14.1. The number of aromatic nitrogens is 1. The molecule has 0 radical (unpaired) electrons. The van der Waals surface area contributed by atoms with E-state index in [1.54, 1.807) is 12.4 Å². The van der Waals surface area contributed by atoms with Crippen LogP contribution in [0.25, 0.3) is 0 Å². The van der Waals surface area contributed by atoms with Gasteiger partial charge in [0.1, 0.15) is 6.04 Å². The number of nitrogens with zero attached hydrogens (tertiary/aromatic N) is 1. The Labute approximate surface area is 93.3 Å². The van der Waals surface area contributed by atoms with Gasteiger partial charge in [0.25, 0.3) is 0 Å². The third-order valence-corrected chi connectivity index (χ3v) is 1.50. The number of pyridine rings is 1. The first-order valence-electron chi connectivity index (χ1n) is 4.49. The molecule has 2 N–H and O–H groups in total. The van der Waals surface area contributed by atoms with Crippen LogP contribution < -0.4 is 5.32 Å². The highest BCUT2D eigenvalue weighted by Crippen LogP contribution is 1.83. The quantitative estimate of drug-likeness (QED) is 0.526. The molecule has 1 amide bonds. The lowest BCUT2D eigenvalue weighted by Crippen LogP contribution is -2.39. The van der Waals surface area contributed by atoms with Gasteiger partial charge in [-0.1, -0.05) is 6.07 Å². The fraction of sp³-hybridized carbons (Fsp3) is 0.300. The summed E-state index contributed by atoms with van der Waals surface area (Å²) in [6, 6.07) is 4.77. The standard InChI is InChI=1S/C5H9NO4.C5H5N/c1-10-5(9)4(2-7)6-3-8;1-2-4-6-5-3-1/h3-4,7H,2H2,1H3,(H,6,8);1-5H. The molecule has 0 aliphatic heterocycles. The molecule has 0 aliphatic rings. The van der Waals surface area contributed by atoms with Crippen LogP contribution in [0.3, 0.4) is 0 Å². The van der Waals surface area contributed by atoms with Crippen molar-refractivity contribution < 1.29 is 19.4 Å². The van der Waals surface area contributed by atoms with E-state index in [0.29, 0.717) is 6.41 Å². The van der Waals surface area contributed by atoms with Crippen molar-refractivity contribution in [2.75, 3.05) is 13.7 Å². The van der Waals surface area contributed by atoms with E-state index < -0.39 is 18.6 Å². The fourth-order valence-electron chi connectivity index (χ4n) is 0.732. The predicted molar refractivity (Wildman–Crippen MR) is 56.3 cm³/mol. The van der Waals surface area contributed by atoms with Crippen molar-refractivity contribution in [3.8, 4) is 0 Å². The number of rotatable bonds is 4. The number of aliphatic hydroxyl groups excluding tert-OH is 1. The molecule has 1 atom stereocenters. The van der Waals surface area contributed by atoms with Gasteiger partial charge in [-0.2, -0.15) is 0 Å². The summed E-state index contributed by atoms with van der Waals surface area (Å²) in [4.78, 5) is 24.1. The van der Waals surface area contributed by atoms with Crippen molar-refractivity contribution in [3.63, 3.8) is 0 Å². The van der Waals surface area contributed by atoms with Gasteiger partial charge in [-0.3, -0.25) is 9.78 Å². The highest BCUT2D eigenvalue weighted by molar-refractivity contribution is 5.78. The number of methoxy groups -OCH3 is 1. The second-order valence-corrected chi connectivity index (χ2v) is 2.57. The van der Waals surface area contributed by atoms with Gasteiger partial charge in [0.15, 0.2) is 0 Å². The lowest BCUT2D eigenvalue weighted by Gasteiger charge is -2.08. The Morgan fingerprint density at radius 1 is 1.50 bits per heavy atom. The van der Waals surface area contributed by atoms with Crippen LogP contribution in [0.4, 0.5) is 0 Å². The zero-order valence-electron chi connectivity index (χ0n) is 8.87. The highest BCUT2D eigenvalue weighted by atomic mass is 16.5. The van der Waals surface area contributed by atoms with E-state index in [1.165, 1.54) is 7.11 Å². The zero-order valence-corrected chi connectivity index (χ0v) is 8.87. The van der Waals surface area contributed by atoms with Crippen LogP contribution in [0.15, 0.2) is 30.6 Å². The number of aliphatic hydroxyl groups is 1. The molecule has 1 heterocycles. The molecule has 88 valence electrons. The first-order valence-corrected chi connectivity index (χ1v) is 4.49. The summed E-state index contributed by atoms with van der Waals surface area (Å²) >= 11 is 0. The summed E-state index contributed by atoms with van der Waals surface area (Å²) in [5.74, 6) is -0.658. The molecular formula is C10H14N2O4. The molecule has 0 fully saturated rings. The van der Waals surface area contributed by atoms with Crippen LogP contribution in [0, 0.1) is 0 Å². The van der Waals surface area contributed by atoms with Gasteiger partial charge in [0, 0.05) is 12.4 Å². The average Bonchev–Trinajstić information content (AvgIpc) is 2.38. The Hall–Kier alpha value is -1.95. The second kappa shape index (κ2) is 9.60. The second-order valence-electron chi connectivity index (χ2n) is 2.57. The summed E-state index contributed by atoms with van der Waals surface area (Å²) in [5.41, 5.74) is 0. The molecule has 1 rings (SSSR count). The summed E-state index contributed by atoms with van der Waals surface area (Å²) in [6.07, 6.45) is 3.83. The molecule has 0 bridgehead atoms. The maximum Gasteiger partial charge on any atom is 0.330 e. The molecule has 16 heavy (non-hydrogen) atoms. The minimum atomic E-state index is -0.942. The van der Waals surface area contributed by atoms with Crippen LogP contribution in [0.5, 0.6) is 0 Å². The molecule has 6 nitrogen and oxygen atoms in total. The Bertz CT molecular complexity index is 265. The van der Waals surface area contributed by atoms with Crippen molar-refractivity contribution in [3.05, 3.63) is 30.6 Å². The molecular weight excluding hydrogens is 212 g/mol. The number of ether oxygens (including phenoxy) is 1.